The summed E-state index contributed by atoms with van der Waals surface area (Å²) < 4.78 is 32.6. The molecule has 0 aromatic heterocycles. The van der Waals surface area contributed by atoms with Crippen molar-refractivity contribution in [2.45, 2.75) is 43.5 Å². The van der Waals surface area contributed by atoms with Crippen LogP contribution in [-0.4, -0.2) is 51.0 Å². The van der Waals surface area contributed by atoms with E-state index < -0.39 is 10.0 Å². The average molecular weight is 378 g/mol. The number of nitrogens with zero attached hydrogens (tertiary/aromatic N) is 1. The van der Waals surface area contributed by atoms with E-state index in [1.165, 1.54) is 29.6 Å². The topological polar surface area (TPSA) is 75.7 Å². The zero-order valence-electron chi connectivity index (χ0n) is 15.1. The number of nitrogens with one attached hydrogen (secondary N) is 1. The predicted octanol–water partition coefficient (Wildman–Crippen LogP) is 1.93. The van der Waals surface area contributed by atoms with Gasteiger partial charge in [-0.1, -0.05) is 12.5 Å². The zero-order chi connectivity index (χ0) is 18.3. The number of rotatable bonds is 4. The van der Waals surface area contributed by atoms with Crippen molar-refractivity contribution in [3.8, 4) is 0 Å². The highest BCUT2D eigenvalue weighted by Gasteiger charge is 2.40. The van der Waals surface area contributed by atoms with Crippen LogP contribution in [0, 0.1) is 18.8 Å². The molecule has 1 aromatic rings. The molecule has 142 valence electrons. The van der Waals surface area contributed by atoms with Crippen LogP contribution in [0.25, 0.3) is 0 Å². The molecule has 4 rings (SSSR count). The molecule has 2 saturated carbocycles. The summed E-state index contributed by atoms with van der Waals surface area (Å²) >= 11 is 0. The number of aryl methyl sites for hydroxylation is 1. The third kappa shape index (κ3) is 3.28. The van der Waals surface area contributed by atoms with Gasteiger partial charge >= 0.3 is 0 Å². The fraction of sp³-hybridized carbons (Fsp3) is 0.632. The van der Waals surface area contributed by atoms with Crippen molar-refractivity contribution in [2.24, 2.45) is 11.8 Å². The van der Waals surface area contributed by atoms with Gasteiger partial charge in [-0.2, -0.15) is 4.31 Å². The van der Waals surface area contributed by atoms with E-state index >= 15 is 0 Å². The number of amides is 1. The number of fused-ring (bicyclic) bond motifs is 2. The highest BCUT2D eigenvalue weighted by atomic mass is 32.2. The van der Waals surface area contributed by atoms with Crippen molar-refractivity contribution < 1.29 is 17.9 Å². The Labute approximate surface area is 155 Å². The molecule has 1 heterocycles. The number of ether oxygens (including phenoxy) is 1. The van der Waals surface area contributed by atoms with Crippen LogP contribution in [0.15, 0.2) is 23.1 Å². The van der Waals surface area contributed by atoms with Gasteiger partial charge in [0.1, 0.15) is 0 Å². The normalized spacial score (nSPS) is 29.0. The summed E-state index contributed by atoms with van der Waals surface area (Å²) in [4.78, 5) is 12.9. The first-order valence-electron chi connectivity index (χ1n) is 9.44. The summed E-state index contributed by atoms with van der Waals surface area (Å²) in [7, 11) is -3.61. The Kier molecular flexibility index (Phi) is 4.79. The highest BCUT2D eigenvalue weighted by Crippen LogP contribution is 2.44. The Morgan fingerprint density at radius 3 is 2.62 bits per heavy atom. The fourth-order valence-electron chi connectivity index (χ4n) is 4.62. The molecule has 3 fully saturated rings. The molecule has 2 bridgehead atoms. The monoisotopic (exact) mass is 378 g/mol. The van der Waals surface area contributed by atoms with Gasteiger partial charge in [-0.25, -0.2) is 8.42 Å². The van der Waals surface area contributed by atoms with Gasteiger partial charge in [0.05, 0.1) is 18.1 Å². The lowest BCUT2D eigenvalue weighted by Crippen LogP contribution is -2.41. The molecule has 3 atom stereocenters. The van der Waals surface area contributed by atoms with E-state index in [2.05, 4.69) is 5.32 Å². The highest BCUT2D eigenvalue weighted by molar-refractivity contribution is 7.89. The summed E-state index contributed by atoms with van der Waals surface area (Å²) in [5.41, 5.74) is 1.08. The van der Waals surface area contributed by atoms with Gasteiger partial charge in [-0.05, 0) is 55.7 Å². The number of benzene rings is 1. The molecular formula is C19H26N2O4S. The third-order valence-electron chi connectivity index (χ3n) is 6.09. The maximum Gasteiger partial charge on any atom is 0.251 e. The van der Waals surface area contributed by atoms with Crippen molar-refractivity contribution in [3.05, 3.63) is 29.3 Å². The Hall–Kier alpha value is -1.44. The first kappa shape index (κ1) is 17.9. The molecule has 1 saturated heterocycles. The van der Waals surface area contributed by atoms with E-state index in [0.29, 0.717) is 43.3 Å². The van der Waals surface area contributed by atoms with Gasteiger partial charge in [0.15, 0.2) is 0 Å². The van der Waals surface area contributed by atoms with Crippen molar-refractivity contribution in [1.29, 1.82) is 0 Å². The molecule has 1 amide bonds. The zero-order valence-corrected chi connectivity index (χ0v) is 15.9. The second-order valence-electron chi connectivity index (χ2n) is 7.75. The number of morpholine rings is 1. The summed E-state index contributed by atoms with van der Waals surface area (Å²) in [5.74, 6) is 1.17. The van der Waals surface area contributed by atoms with Crippen molar-refractivity contribution in [2.75, 3.05) is 26.3 Å². The molecule has 1 aliphatic heterocycles. The number of sulfonamides is 1. The molecule has 26 heavy (non-hydrogen) atoms. The average Bonchev–Trinajstić information content (AvgIpc) is 3.25. The Morgan fingerprint density at radius 1 is 1.19 bits per heavy atom. The minimum Gasteiger partial charge on any atom is -0.379 e. The molecule has 0 spiro atoms. The molecular weight excluding hydrogens is 352 g/mol. The molecule has 2 aliphatic carbocycles. The molecule has 6 nitrogen and oxygen atoms in total. The number of carbonyl (C=O) groups is 1. The van der Waals surface area contributed by atoms with Gasteiger partial charge in [0.25, 0.3) is 5.91 Å². The Bertz CT molecular complexity index is 802. The summed E-state index contributed by atoms with van der Waals surface area (Å²) in [5, 5.41) is 3.14. The van der Waals surface area contributed by atoms with E-state index in [1.54, 1.807) is 19.1 Å². The predicted molar refractivity (Wildman–Crippen MR) is 97.5 cm³/mol. The summed E-state index contributed by atoms with van der Waals surface area (Å²) in [6, 6.07) is 5.21. The van der Waals surface area contributed by atoms with Gasteiger partial charge in [-0.3, -0.25) is 4.79 Å². The molecule has 3 unspecified atom stereocenters. The van der Waals surface area contributed by atoms with Crippen LogP contribution < -0.4 is 5.32 Å². The van der Waals surface area contributed by atoms with Crippen molar-refractivity contribution >= 4 is 15.9 Å². The van der Waals surface area contributed by atoms with E-state index in [9.17, 15) is 13.2 Å². The summed E-state index contributed by atoms with van der Waals surface area (Å²) in [6.45, 7) is 3.28. The lowest BCUT2D eigenvalue weighted by atomic mass is 9.95. The number of hydrogen-bond donors (Lipinski definition) is 1. The van der Waals surface area contributed by atoms with Gasteiger partial charge in [0, 0.05) is 24.7 Å². The van der Waals surface area contributed by atoms with E-state index in [0.717, 1.165) is 12.3 Å². The number of hydrogen-bond acceptors (Lipinski definition) is 4. The first-order valence-corrected chi connectivity index (χ1v) is 10.9. The minimum absolute atomic E-state index is 0.166. The second-order valence-corrected chi connectivity index (χ2v) is 9.66. The molecule has 3 aliphatic rings. The van der Waals surface area contributed by atoms with Gasteiger partial charge in [0.2, 0.25) is 10.0 Å². The third-order valence-corrected chi connectivity index (χ3v) is 8.13. The largest absolute Gasteiger partial charge is 0.379 e. The van der Waals surface area contributed by atoms with E-state index in [-0.39, 0.29) is 16.8 Å². The van der Waals surface area contributed by atoms with Crippen LogP contribution in [0.1, 0.15) is 41.6 Å². The summed E-state index contributed by atoms with van der Waals surface area (Å²) in [6.07, 6.45) is 4.75. The van der Waals surface area contributed by atoms with Gasteiger partial charge < -0.3 is 10.1 Å². The lowest BCUT2D eigenvalue weighted by Gasteiger charge is -2.27. The van der Waals surface area contributed by atoms with Crippen molar-refractivity contribution in [1.82, 2.24) is 9.62 Å². The molecule has 1 N–H and O–H groups in total. The molecule has 0 radical (unpaired) electrons. The minimum atomic E-state index is -3.61. The van der Waals surface area contributed by atoms with Crippen LogP contribution in [0.2, 0.25) is 0 Å². The molecule has 1 aromatic carbocycles. The number of carbonyl (C=O) groups excluding carboxylic acids is 1. The lowest BCUT2D eigenvalue weighted by molar-refractivity contribution is 0.0730. The van der Waals surface area contributed by atoms with Crippen molar-refractivity contribution in [3.63, 3.8) is 0 Å². The second kappa shape index (κ2) is 6.94. The van der Waals surface area contributed by atoms with Crippen LogP contribution >= 0.6 is 0 Å². The van der Waals surface area contributed by atoms with Crippen LogP contribution in [0.4, 0.5) is 0 Å². The molecule has 7 heteroatoms. The van der Waals surface area contributed by atoms with Crippen LogP contribution in [0.5, 0.6) is 0 Å². The Balaban J connectivity index is 1.54. The standard InChI is InChI=1S/C19H26N2O4S/c1-13-2-4-16(19(22)20-17-11-14-3-5-15(17)10-14)12-18(13)26(23,24)21-6-8-25-9-7-21/h2,4,12,14-15,17H,3,5-11H2,1H3,(H,20,22). The smallest absolute Gasteiger partial charge is 0.251 e. The van der Waals surface area contributed by atoms with Crippen LogP contribution in [-0.2, 0) is 14.8 Å². The van der Waals surface area contributed by atoms with Gasteiger partial charge in [-0.15, -0.1) is 0 Å². The first-order chi connectivity index (χ1) is 12.4. The van der Waals surface area contributed by atoms with Crippen LogP contribution in [0.3, 0.4) is 0 Å². The Morgan fingerprint density at radius 2 is 1.96 bits per heavy atom. The van der Waals surface area contributed by atoms with E-state index in [4.69, 9.17) is 4.74 Å². The maximum absolute atomic E-state index is 13.0. The van der Waals surface area contributed by atoms with E-state index in [1.807, 2.05) is 0 Å². The maximum atomic E-state index is 13.0. The quantitative estimate of drug-likeness (QED) is 0.869. The fourth-order valence-corrected chi connectivity index (χ4v) is 6.28. The SMILES string of the molecule is Cc1ccc(C(=O)NC2CC3CCC2C3)cc1S(=O)(=O)N1CCOCC1.